The molecule has 0 aliphatic heterocycles. The molecule has 0 saturated heterocycles. The van der Waals surface area contributed by atoms with Gasteiger partial charge in [0.05, 0.1) is 0 Å². The van der Waals surface area contributed by atoms with Crippen LogP contribution in [0.3, 0.4) is 0 Å². The summed E-state index contributed by atoms with van der Waals surface area (Å²) in [5.41, 5.74) is 0. The quantitative estimate of drug-likeness (QED) is 0.346. The van der Waals surface area contributed by atoms with Gasteiger partial charge in [-0.3, -0.25) is 0 Å². The van der Waals surface area contributed by atoms with E-state index in [1.54, 1.807) is 0 Å². The van der Waals surface area contributed by atoms with Crippen LogP contribution in [0.2, 0.25) is 0 Å². The Bertz CT molecular complexity index is 148. The fourth-order valence-electron chi connectivity index (χ4n) is 1.07. The van der Waals surface area contributed by atoms with E-state index in [0.29, 0.717) is 13.2 Å². The second-order valence-corrected chi connectivity index (χ2v) is 2.85. The molecule has 0 heterocycles. The topological polar surface area (TPSA) is 30.5 Å². The highest BCUT2D eigenvalue weighted by atomic mass is 16.7. The molecule has 14 heavy (non-hydrogen) atoms. The van der Waals surface area contributed by atoms with Crippen LogP contribution in [0.25, 0.3) is 0 Å². The van der Waals surface area contributed by atoms with Gasteiger partial charge < -0.3 is 14.8 Å². The first-order chi connectivity index (χ1) is 6.85. The molecule has 0 aromatic heterocycles. The van der Waals surface area contributed by atoms with Crippen molar-refractivity contribution < 1.29 is 9.47 Å². The predicted octanol–water partition coefficient (Wildman–Crippen LogP) is 1.39. The van der Waals surface area contributed by atoms with Crippen LogP contribution in [0.1, 0.15) is 26.7 Å². The smallest absolute Gasteiger partial charge is 0.169 e. The average molecular weight is 199 g/mol. The van der Waals surface area contributed by atoms with Crippen molar-refractivity contribution in [3.05, 3.63) is 0 Å². The van der Waals surface area contributed by atoms with E-state index in [1.165, 1.54) is 0 Å². The molecular weight excluding hydrogens is 178 g/mol. The van der Waals surface area contributed by atoms with Crippen LogP contribution >= 0.6 is 0 Å². The van der Waals surface area contributed by atoms with Gasteiger partial charge in [-0.15, -0.1) is 12.3 Å². The van der Waals surface area contributed by atoms with E-state index in [9.17, 15) is 0 Å². The highest BCUT2D eigenvalue weighted by Crippen LogP contribution is 1.93. The van der Waals surface area contributed by atoms with Crippen molar-refractivity contribution in [2.45, 2.75) is 33.0 Å². The molecule has 82 valence electrons. The number of terminal acetylenes is 1. The molecule has 0 aromatic rings. The molecule has 3 heteroatoms. The number of ether oxygens (including phenoxy) is 2. The van der Waals surface area contributed by atoms with Gasteiger partial charge in [0.25, 0.3) is 0 Å². The second-order valence-electron chi connectivity index (χ2n) is 2.85. The van der Waals surface area contributed by atoms with E-state index >= 15 is 0 Å². The van der Waals surface area contributed by atoms with Crippen molar-refractivity contribution in [2.24, 2.45) is 0 Å². The lowest BCUT2D eigenvalue weighted by molar-refractivity contribution is -0.132. The van der Waals surface area contributed by atoms with Gasteiger partial charge in [0.15, 0.2) is 6.29 Å². The first kappa shape index (κ1) is 13.4. The van der Waals surface area contributed by atoms with E-state index < -0.39 is 0 Å². The number of nitrogens with one attached hydrogen (secondary N) is 1. The fraction of sp³-hybridized carbons (Fsp3) is 0.818. The summed E-state index contributed by atoms with van der Waals surface area (Å²) >= 11 is 0. The molecule has 0 aliphatic rings. The third-order valence-electron chi connectivity index (χ3n) is 1.69. The zero-order valence-corrected chi connectivity index (χ0v) is 9.21. The number of rotatable bonds is 9. The summed E-state index contributed by atoms with van der Waals surface area (Å²) in [6.07, 6.45) is 6.83. The van der Waals surface area contributed by atoms with Crippen LogP contribution in [-0.2, 0) is 9.47 Å². The summed E-state index contributed by atoms with van der Waals surface area (Å²) in [4.78, 5) is 0. The molecule has 3 nitrogen and oxygen atoms in total. The molecule has 0 spiro atoms. The lowest BCUT2D eigenvalue weighted by Crippen LogP contribution is -2.32. The van der Waals surface area contributed by atoms with Crippen LogP contribution in [0.4, 0.5) is 0 Å². The molecular formula is C11H21NO2. The SMILES string of the molecule is C#CCCCNCC(OCC)OCC. The van der Waals surface area contributed by atoms with Crippen molar-refractivity contribution in [3.63, 3.8) is 0 Å². The molecule has 0 bridgehead atoms. The predicted molar refractivity (Wildman–Crippen MR) is 58.0 cm³/mol. The minimum absolute atomic E-state index is 0.129. The van der Waals surface area contributed by atoms with Gasteiger partial charge in [0.2, 0.25) is 0 Å². The summed E-state index contributed by atoms with van der Waals surface area (Å²) < 4.78 is 10.7. The lowest BCUT2D eigenvalue weighted by atomic mass is 10.3. The normalized spacial score (nSPS) is 10.4. The van der Waals surface area contributed by atoms with Crippen molar-refractivity contribution >= 4 is 0 Å². The van der Waals surface area contributed by atoms with Crippen LogP contribution in [0, 0.1) is 12.3 Å². The Balaban J connectivity index is 3.36. The molecule has 0 aromatic carbocycles. The van der Waals surface area contributed by atoms with Crippen LogP contribution in [0.15, 0.2) is 0 Å². The molecule has 1 N–H and O–H groups in total. The monoisotopic (exact) mass is 199 g/mol. The van der Waals surface area contributed by atoms with Gasteiger partial charge >= 0.3 is 0 Å². The Morgan fingerprint density at radius 1 is 1.29 bits per heavy atom. The average Bonchev–Trinajstić information content (AvgIpc) is 2.18. The van der Waals surface area contributed by atoms with Gasteiger partial charge in [-0.1, -0.05) is 0 Å². The van der Waals surface area contributed by atoms with Crippen LogP contribution in [-0.4, -0.2) is 32.6 Å². The Kier molecular flexibility index (Phi) is 10.1. The van der Waals surface area contributed by atoms with E-state index in [1.807, 2.05) is 13.8 Å². The lowest BCUT2D eigenvalue weighted by Gasteiger charge is -2.17. The van der Waals surface area contributed by atoms with Crippen molar-refractivity contribution in [2.75, 3.05) is 26.3 Å². The molecule has 0 fully saturated rings. The summed E-state index contributed by atoms with van der Waals surface area (Å²) in [6, 6.07) is 0. The van der Waals surface area contributed by atoms with Gasteiger partial charge in [-0.05, 0) is 26.8 Å². The zero-order valence-electron chi connectivity index (χ0n) is 9.21. The van der Waals surface area contributed by atoms with Crippen molar-refractivity contribution in [1.82, 2.24) is 5.32 Å². The molecule has 0 aliphatic carbocycles. The molecule has 0 amide bonds. The van der Waals surface area contributed by atoms with Crippen molar-refractivity contribution in [1.29, 1.82) is 0 Å². The minimum atomic E-state index is -0.129. The van der Waals surface area contributed by atoms with E-state index in [2.05, 4.69) is 11.2 Å². The zero-order chi connectivity index (χ0) is 10.6. The third-order valence-corrected chi connectivity index (χ3v) is 1.69. The largest absolute Gasteiger partial charge is 0.352 e. The summed E-state index contributed by atoms with van der Waals surface area (Å²) in [5.74, 6) is 2.60. The number of hydrogen-bond acceptors (Lipinski definition) is 3. The Morgan fingerprint density at radius 3 is 2.43 bits per heavy atom. The maximum absolute atomic E-state index is 5.36. The highest BCUT2D eigenvalue weighted by Gasteiger charge is 2.05. The molecule has 0 radical (unpaired) electrons. The summed E-state index contributed by atoms with van der Waals surface area (Å²) in [6.45, 7) is 6.93. The van der Waals surface area contributed by atoms with Gasteiger partial charge in [0.1, 0.15) is 0 Å². The molecule has 0 atom stereocenters. The standard InChI is InChI=1S/C11H21NO2/c1-4-7-8-9-12-10-11(13-5-2)14-6-3/h1,11-12H,5-10H2,2-3H3. The van der Waals surface area contributed by atoms with Gasteiger partial charge in [0, 0.05) is 26.2 Å². The third kappa shape index (κ3) is 8.06. The number of unbranched alkanes of at least 4 members (excludes halogenated alkanes) is 1. The highest BCUT2D eigenvalue weighted by molar-refractivity contribution is 4.83. The second kappa shape index (κ2) is 10.5. The van der Waals surface area contributed by atoms with Gasteiger partial charge in [-0.25, -0.2) is 0 Å². The van der Waals surface area contributed by atoms with Crippen molar-refractivity contribution in [3.8, 4) is 12.3 Å². The van der Waals surface area contributed by atoms with E-state index in [-0.39, 0.29) is 6.29 Å². The van der Waals surface area contributed by atoms with Crippen LogP contribution in [0.5, 0.6) is 0 Å². The summed E-state index contributed by atoms with van der Waals surface area (Å²) in [5, 5.41) is 3.24. The first-order valence-electron chi connectivity index (χ1n) is 5.22. The maximum Gasteiger partial charge on any atom is 0.169 e. The Hall–Kier alpha value is -0.560. The van der Waals surface area contributed by atoms with Crippen LogP contribution < -0.4 is 5.32 Å². The van der Waals surface area contributed by atoms with E-state index in [0.717, 1.165) is 25.9 Å². The first-order valence-corrected chi connectivity index (χ1v) is 5.22. The molecule has 0 unspecified atom stereocenters. The number of hydrogen-bond donors (Lipinski definition) is 1. The minimum Gasteiger partial charge on any atom is -0.352 e. The Morgan fingerprint density at radius 2 is 1.93 bits per heavy atom. The molecule has 0 rings (SSSR count). The van der Waals surface area contributed by atoms with E-state index in [4.69, 9.17) is 15.9 Å². The van der Waals surface area contributed by atoms with Gasteiger partial charge in [-0.2, -0.15) is 0 Å². The molecule has 0 saturated carbocycles. The Labute approximate surface area is 87.2 Å². The maximum atomic E-state index is 5.36. The summed E-state index contributed by atoms with van der Waals surface area (Å²) in [7, 11) is 0. The fourth-order valence-corrected chi connectivity index (χ4v) is 1.07.